The van der Waals surface area contributed by atoms with Gasteiger partial charge >= 0.3 is 0 Å². The summed E-state index contributed by atoms with van der Waals surface area (Å²) in [6.45, 7) is 3.14. The normalized spacial score (nSPS) is 21.0. The van der Waals surface area contributed by atoms with E-state index in [0.29, 0.717) is 22.3 Å². The minimum Gasteiger partial charge on any atom is -0.339 e. The number of carbonyl (C=O) groups is 2. The van der Waals surface area contributed by atoms with Gasteiger partial charge in [-0.1, -0.05) is 54.3 Å². The molecule has 2 aliphatic heterocycles. The monoisotopic (exact) mass is 361 g/mol. The quantitative estimate of drug-likeness (QED) is 0.605. The van der Waals surface area contributed by atoms with E-state index >= 15 is 0 Å². The second-order valence-electron chi connectivity index (χ2n) is 5.86. The van der Waals surface area contributed by atoms with E-state index in [4.69, 9.17) is 12.2 Å². The van der Waals surface area contributed by atoms with Gasteiger partial charge in [-0.2, -0.15) is 0 Å². The molecule has 126 valence electrons. The van der Waals surface area contributed by atoms with Crippen LogP contribution < -0.4 is 0 Å². The fraction of sp³-hybridized carbons (Fsp3) is 0.353. The molecule has 3 rings (SSSR count). The van der Waals surface area contributed by atoms with Crippen molar-refractivity contribution in [2.24, 2.45) is 0 Å². The number of benzene rings is 1. The summed E-state index contributed by atoms with van der Waals surface area (Å²) in [5.41, 5.74) is 0.948. The van der Waals surface area contributed by atoms with Crippen molar-refractivity contribution in [2.45, 2.75) is 0 Å². The molecule has 0 radical (unpaired) electrons. The van der Waals surface area contributed by atoms with Crippen LogP contribution in [-0.4, -0.2) is 70.6 Å². The molecule has 2 saturated heterocycles. The van der Waals surface area contributed by atoms with Crippen molar-refractivity contribution < 1.29 is 9.59 Å². The average Bonchev–Trinajstić information content (AvgIpc) is 2.84. The summed E-state index contributed by atoms with van der Waals surface area (Å²) in [6.07, 6.45) is 1.82. The number of carbonyl (C=O) groups excluding carboxylic acids is 2. The maximum Gasteiger partial charge on any atom is 0.266 e. The van der Waals surface area contributed by atoms with Crippen LogP contribution in [-0.2, 0) is 9.59 Å². The van der Waals surface area contributed by atoms with E-state index in [1.165, 1.54) is 16.7 Å². The topological polar surface area (TPSA) is 43.9 Å². The molecule has 0 aromatic heterocycles. The van der Waals surface area contributed by atoms with Gasteiger partial charge in [0, 0.05) is 26.2 Å². The number of rotatable bonds is 3. The molecule has 1 aromatic carbocycles. The second kappa shape index (κ2) is 7.46. The van der Waals surface area contributed by atoms with Gasteiger partial charge in [-0.05, 0) is 18.7 Å². The molecule has 0 N–H and O–H groups in total. The number of amides is 2. The summed E-state index contributed by atoms with van der Waals surface area (Å²) in [5, 5.41) is 0. The van der Waals surface area contributed by atoms with Crippen LogP contribution in [0.5, 0.6) is 0 Å². The van der Waals surface area contributed by atoms with Gasteiger partial charge in [-0.25, -0.2) is 0 Å². The van der Waals surface area contributed by atoms with Crippen molar-refractivity contribution in [1.82, 2.24) is 14.7 Å². The lowest BCUT2D eigenvalue weighted by atomic mass is 10.2. The van der Waals surface area contributed by atoms with Crippen molar-refractivity contribution >= 4 is 46.2 Å². The molecule has 2 fully saturated rings. The molecule has 0 spiro atoms. The lowest BCUT2D eigenvalue weighted by molar-refractivity contribution is -0.136. The SMILES string of the molecule is CN1CCN(C(=O)CN2C(=O)/C(=C/c3ccccc3)SC2=S)CC1. The highest BCUT2D eigenvalue weighted by molar-refractivity contribution is 8.26. The standard InChI is InChI=1S/C17H19N3O2S2/c1-18-7-9-19(10-8-18)15(21)12-20-16(22)14(24-17(20)23)11-13-5-3-2-4-6-13/h2-6,11H,7-10,12H2,1H3/b14-11-. The van der Waals surface area contributed by atoms with Crippen LogP contribution in [0.25, 0.3) is 6.08 Å². The smallest absolute Gasteiger partial charge is 0.266 e. The van der Waals surface area contributed by atoms with Crippen molar-refractivity contribution in [3.05, 3.63) is 40.8 Å². The van der Waals surface area contributed by atoms with E-state index in [1.54, 1.807) is 4.90 Å². The van der Waals surface area contributed by atoms with Gasteiger partial charge < -0.3 is 9.80 Å². The van der Waals surface area contributed by atoms with Gasteiger partial charge in [-0.15, -0.1) is 0 Å². The third kappa shape index (κ3) is 3.85. The van der Waals surface area contributed by atoms with Gasteiger partial charge in [0.1, 0.15) is 10.9 Å². The lowest BCUT2D eigenvalue weighted by Crippen LogP contribution is -2.50. The zero-order chi connectivity index (χ0) is 17.1. The predicted octanol–water partition coefficient (Wildman–Crippen LogP) is 1.66. The Morgan fingerprint density at radius 3 is 2.54 bits per heavy atom. The van der Waals surface area contributed by atoms with Crippen LogP contribution in [0.1, 0.15) is 5.56 Å². The van der Waals surface area contributed by atoms with E-state index in [1.807, 2.05) is 43.5 Å². The molecule has 0 unspecified atom stereocenters. The van der Waals surface area contributed by atoms with E-state index < -0.39 is 0 Å². The Bertz CT molecular complexity index is 682. The molecule has 0 atom stereocenters. The Kier molecular flexibility index (Phi) is 5.33. The Hall–Kier alpha value is -1.70. The summed E-state index contributed by atoms with van der Waals surface area (Å²) in [4.78, 5) is 31.0. The van der Waals surface area contributed by atoms with Crippen LogP contribution in [0.4, 0.5) is 0 Å². The Labute approximate surface area is 151 Å². The summed E-state index contributed by atoms with van der Waals surface area (Å²) in [7, 11) is 2.04. The van der Waals surface area contributed by atoms with E-state index in [9.17, 15) is 9.59 Å². The first kappa shape index (κ1) is 17.1. The van der Waals surface area contributed by atoms with Gasteiger partial charge in [0.25, 0.3) is 5.91 Å². The molecule has 7 heteroatoms. The third-order valence-corrected chi connectivity index (χ3v) is 5.50. The highest BCUT2D eigenvalue weighted by Crippen LogP contribution is 2.32. The van der Waals surface area contributed by atoms with Crippen LogP contribution in [0.15, 0.2) is 35.2 Å². The number of hydrogen-bond acceptors (Lipinski definition) is 5. The zero-order valence-electron chi connectivity index (χ0n) is 13.5. The molecule has 2 aliphatic rings. The second-order valence-corrected chi connectivity index (χ2v) is 7.54. The van der Waals surface area contributed by atoms with E-state index in [-0.39, 0.29) is 18.4 Å². The van der Waals surface area contributed by atoms with Crippen molar-refractivity contribution in [1.29, 1.82) is 0 Å². The fourth-order valence-corrected chi connectivity index (χ4v) is 3.88. The highest BCUT2D eigenvalue weighted by atomic mass is 32.2. The number of likely N-dealkylation sites (N-methyl/N-ethyl adjacent to an activating group) is 1. The summed E-state index contributed by atoms with van der Waals surface area (Å²) in [6, 6.07) is 9.63. The first-order chi connectivity index (χ1) is 11.5. The van der Waals surface area contributed by atoms with Gasteiger partial charge in [-0.3, -0.25) is 14.5 Å². The molecular formula is C17H19N3O2S2. The van der Waals surface area contributed by atoms with Crippen molar-refractivity contribution in [2.75, 3.05) is 39.8 Å². The van der Waals surface area contributed by atoms with Crippen LogP contribution in [0, 0.1) is 0 Å². The van der Waals surface area contributed by atoms with Crippen molar-refractivity contribution in [3.63, 3.8) is 0 Å². The largest absolute Gasteiger partial charge is 0.339 e. The molecular weight excluding hydrogens is 342 g/mol. The number of hydrogen-bond donors (Lipinski definition) is 0. The number of thiocarbonyl (C=S) groups is 1. The maximum atomic E-state index is 12.6. The molecule has 24 heavy (non-hydrogen) atoms. The Morgan fingerprint density at radius 1 is 1.21 bits per heavy atom. The first-order valence-corrected chi connectivity index (χ1v) is 9.04. The molecule has 2 heterocycles. The summed E-state index contributed by atoms with van der Waals surface area (Å²) >= 11 is 6.55. The van der Waals surface area contributed by atoms with E-state index in [2.05, 4.69) is 4.90 Å². The molecule has 0 bridgehead atoms. The first-order valence-electron chi connectivity index (χ1n) is 7.81. The number of thioether (sulfide) groups is 1. The Morgan fingerprint density at radius 2 is 1.88 bits per heavy atom. The molecule has 5 nitrogen and oxygen atoms in total. The third-order valence-electron chi connectivity index (χ3n) is 4.12. The molecule has 1 aromatic rings. The predicted molar refractivity (Wildman–Crippen MR) is 100 cm³/mol. The zero-order valence-corrected chi connectivity index (χ0v) is 15.1. The molecule has 0 aliphatic carbocycles. The lowest BCUT2D eigenvalue weighted by Gasteiger charge is -2.33. The highest BCUT2D eigenvalue weighted by Gasteiger charge is 2.34. The van der Waals surface area contributed by atoms with E-state index in [0.717, 1.165) is 18.7 Å². The number of piperazine rings is 1. The van der Waals surface area contributed by atoms with Crippen LogP contribution in [0.2, 0.25) is 0 Å². The minimum atomic E-state index is -0.184. The number of nitrogens with zero attached hydrogens (tertiary/aromatic N) is 3. The van der Waals surface area contributed by atoms with Crippen molar-refractivity contribution in [3.8, 4) is 0 Å². The van der Waals surface area contributed by atoms with Crippen LogP contribution in [0.3, 0.4) is 0 Å². The minimum absolute atomic E-state index is 0.0283. The molecule has 0 saturated carbocycles. The van der Waals surface area contributed by atoms with Gasteiger partial charge in [0.05, 0.1) is 4.91 Å². The van der Waals surface area contributed by atoms with Gasteiger partial charge in [0.2, 0.25) is 5.91 Å². The summed E-state index contributed by atoms with van der Waals surface area (Å²) in [5.74, 6) is -0.225. The Balaban J connectivity index is 1.66. The fourth-order valence-electron chi connectivity index (χ4n) is 2.63. The summed E-state index contributed by atoms with van der Waals surface area (Å²) < 4.78 is 0.449. The maximum absolute atomic E-state index is 12.6. The van der Waals surface area contributed by atoms with Gasteiger partial charge in [0.15, 0.2) is 0 Å². The van der Waals surface area contributed by atoms with Crippen LogP contribution >= 0.6 is 24.0 Å². The molecule has 2 amide bonds. The average molecular weight is 361 g/mol.